The molecule has 0 saturated carbocycles. The van der Waals surface area contributed by atoms with Crippen LogP contribution < -0.4 is 0 Å². The van der Waals surface area contributed by atoms with E-state index in [1.54, 1.807) is 6.20 Å². The van der Waals surface area contributed by atoms with Gasteiger partial charge in [0.15, 0.2) is 11.9 Å². The fraction of sp³-hybridized carbons (Fsp3) is 0.533. The van der Waals surface area contributed by atoms with Crippen LogP contribution in [-0.2, 0) is 4.74 Å². The molecule has 0 bridgehead atoms. The largest absolute Gasteiger partial charge is 0.356 e. The van der Waals surface area contributed by atoms with E-state index in [0.29, 0.717) is 16.2 Å². The third-order valence-corrected chi connectivity index (χ3v) is 3.84. The standard InChI is InChI=1S/C15H17BrN4O/c1-10(2)6-7-11-14(16)18-12-9-17-20(15(12)19-11)13-5-3-4-8-21-13/h9-10,13H,3-5,8H2,1-2H3. The number of rotatable bonds is 1. The Balaban J connectivity index is 2.03. The zero-order valence-corrected chi connectivity index (χ0v) is 13.7. The minimum atomic E-state index is -0.0439. The average molecular weight is 349 g/mol. The SMILES string of the molecule is CC(C)C#Cc1nc2c(cnn2C2CCCCO2)nc1Br. The van der Waals surface area contributed by atoms with Crippen molar-refractivity contribution in [3.63, 3.8) is 0 Å². The van der Waals surface area contributed by atoms with Crippen LogP contribution in [0.2, 0.25) is 0 Å². The Morgan fingerprint density at radius 2 is 2.24 bits per heavy atom. The lowest BCUT2D eigenvalue weighted by atomic mass is 10.2. The molecule has 1 atom stereocenters. The van der Waals surface area contributed by atoms with E-state index in [9.17, 15) is 0 Å². The number of aromatic nitrogens is 4. The van der Waals surface area contributed by atoms with Crippen molar-refractivity contribution in [2.75, 3.05) is 6.61 Å². The summed E-state index contributed by atoms with van der Waals surface area (Å²) in [5.74, 6) is 6.48. The molecule has 21 heavy (non-hydrogen) atoms. The van der Waals surface area contributed by atoms with Crippen molar-refractivity contribution < 1.29 is 4.74 Å². The van der Waals surface area contributed by atoms with Gasteiger partial charge >= 0.3 is 0 Å². The van der Waals surface area contributed by atoms with Crippen molar-refractivity contribution in [1.82, 2.24) is 19.7 Å². The molecule has 1 aliphatic rings. The summed E-state index contributed by atoms with van der Waals surface area (Å²) in [6.45, 7) is 4.87. The summed E-state index contributed by atoms with van der Waals surface area (Å²) >= 11 is 3.43. The van der Waals surface area contributed by atoms with Gasteiger partial charge in [0.1, 0.15) is 15.8 Å². The number of ether oxygens (including phenoxy) is 1. The van der Waals surface area contributed by atoms with Gasteiger partial charge in [0.2, 0.25) is 0 Å². The predicted molar refractivity (Wildman–Crippen MR) is 83.6 cm³/mol. The minimum Gasteiger partial charge on any atom is -0.356 e. The molecule has 0 aromatic carbocycles. The summed E-state index contributed by atoms with van der Waals surface area (Å²) in [6, 6.07) is 0. The molecular formula is C15H17BrN4O. The molecule has 0 spiro atoms. The molecule has 1 aliphatic heterocycles. The molecule has 1 saturated heterocycles. The fourth-order valence-electron chi connectivity index (χ4n) is 2.26. The van der Waals surface area contributed by atoms with Crippen LogP contribution in [0.5, 0.6) is 0 Å². The van der Waals surface area contributed by atoms with E-state index in [0.717, 1.165) is 37.0 Å². The van der Waals surface area contributed by atoms with Crippen LogP contribution in [0.15, 0.2) is 10.8 Å². The number of nitrogens with zero attached hydrogens (tertiary/aromatic N) is 4. The zero-order valence-electron chi connectivity index (χ0n) is 12.1. The van der Waals surface area contributed by atoms with Gasteiger partial charge in [0.05, 0.1) is 6.20 Å². The van der Waals surface area contributed by atoms with Gasteiger partial charge in [-0.05, 0) is 41.1 Å². The lowest BCUT2D eigenvalue weighted by molar-refractivity contribution is -0.0370. The smallest absolute Gasteiger partial charge is 0.180 e. The number of hydrogen-bond acceptors (Lipinski definition) is 4. The second-order valence-corrected chi connectivity index (χ2v) is 6.16. The zero-order chi connectivity index (χ0) is 14.8. The number of hydrogen-bond donors (Lipinski definition) is 0. The van der Waals surface area contributed by atoms with Gasteiger partial charge < -0.3 is 4.74 Å². The monoisotopic (exact) mass is 348 g/mol. The Bertz CT molecular complexity index is 708. The molecule has 1 fully saturated rings. The highest BCUT2D eigenvalue weighted by Crippen LogP contribution is 2.25. The van der Waals surface area contributed by atoms with E-state index >= 15 is 0 Å². The second kappa shape index (κ2) is 6.12. The molecule has 110 valence electrons. The van der Waals surface area contributed by atoms with Gasteiger partial charge in [-0.3, -0.25) is 0 Å². The molecular weight excluding hydrogens is 332 g/mol. The molecule has 2 aromatic heterocycles. The van der Waals surface area contributed by atoms with Crippen molar-refractivity contribution in [3.05, 3.63) is 16.5 Å². The van der Waals surface area contributed by atoms with Crippen LogP contribution >= 0.6 is 15.9 Å². The highest BCUT2D eigenvalue weighted by atomic mass is 79.9. The maximum atomic E-state index is 5.78. The predicted octanol–water partition coefficient (Wildman–Crippen LogP) is 3.30. The summed E-state index contributed by atoms with van der Waals surface area (Å²) in [5, 5.41) is 4.39. The van der Waals surface area contributed by atoms with Crippen molar-refractivity contribution in [2.45, 2.75) is 39.3 Å². The van der Waals surface area contributed by atoms with Crippen LogP contribution in [0.25, 0.3) is 11.2 Å². The Labute approximate surface area is 132 Å². The number of halogens is 1. The maximum absolute atomic E-state index is 5.78. The lowest BCUT2D eigenvalue weighted by Gasteiger charge is -2.22. The van der Waals surface area contributed by atoms with Crippen LogP contribution in [0.4, 0.5) is 0 Å². The third-order valence-electron chi connectivity index (χ3n) is 3.29. The molecule has 0 aliphatic carbocycles. The van der Waals surface area contributed by atoms with Gasteiger partial charge in [-0.15, -0.1) is 0 Å². The Morgan fingerprint density at radius 3 is 2.95 bits per heavy atom. The summed E-state index contributed by atoms with van der Waals surface area (Å²) in [5.41, 5.74) is 2.14. The maximum Gasteiger partial charge on any atom is 0.180 e. The molecule has 3 rings (SSSR count). The molecule has 6 heteroatoms. The van der Waals surface area contributed by atoms with Crippen molar-refractivity contribution in [2.24, 2.45) is 5.92 Å². The van der Waals surface area contributed by atoms with Crippen LogP contribution in [0.3, 0.4) is 0 Å². The highest BCUT2D eigenvalue weighted by Gasteiger charge is 2.20. The van der Waals surface area contributed by atoms with E-state index < -0.39 is 0 Å². The molecule has 5 nitrogen and oxygen atoms in total. The minimum absolute atomic E-state index is 0.0439. The van der Waals surface area contributed by atoms with Gasteiger partial charge in [-0.2, -0.15) is 5.10 Å². The quantitative estimate of drug-likeness (QED) is 0.742. The summed E-state index contributed by atoms with van der Waals surface area (Å²) in [4.78, 5) is 9.10. The van der Waals surface area contributed by atoms with Crippen LogP contribution in [0, 0.1) is 17.8 Å². The molecule has 0 N–H and O–H groups in total. The van der Waals surface area contributed by atoms with Crippen molar-refractivity contribution >= 4 is 27.1 Å². The van der Waals surface area contributed by atoms with Gasteiger partial charge in [-0.25, -0.2) is 14.6 Å². The molecule has 3 heterocycles. The Kier molecular flexibility index (Phi) is 4.22. The molecule has 0 radical (unpaired) electrons. The van der Waals surface area contributed by atoms with E-state index in [1.807, 2.05) is 18.5 Å². The van der Waals surface area contributed by atoms with E-state index in [1.165, 1.54) is 0 Å². The van der Waals surface area contributed by atoms with E-state index in [2.05, 4.69) is 42.8 Å². The first-order valence-corrected chi connectivity index (χ1v) is 7.98. The highest BCUT2D eigenvalue weighted by molar-refractivity contribution is 9.10. The first-order chi connectivity index (χ1) is 10.1. The normalized spacial score (nSPS) is 18.8. The third kappa shape index (κ3) is 3.09. The first-order valence-electron chi connectivity index (χ1n) is 7.19. The fourth-order valence-corrected chi connectivity index (χ4v) is 2.64. The summed E-state index contributed by atoms with van der Waals surface area (Å²) in [7, 11) is 0. The first kappa shape index (κ1) is 14.5. The Hall–Kier alpha value is -1.45. The van der Waals surface area contributed by atoms with Gasteiger partial charge in [0.25, 0.3) is 0 Å². The summed E-state index contributed by atoms with van der Waals surface area (Å²) < 4.78 is 8.27. The lowest BCUT2D eigenvalue weighted by Crippen LogP contribution is -2.19. The molecule has 0 amide bonds. The van der Waals surface area contributed by atoms with Crippen molar-refractivity contribution in [1.29, 1.82) is 0 Å². The average Bonchev–Trinajstić information content (AvgIpc) is 2.88. The molecule has 1 unspecified atom stereocenters. The number of fused-ring (bicyclic) bond motifs is 1. The van der Waals surface area contributed by atoms with E-state index in [-0.39, 0.29) is 6.23 Å². The van der Waals surface area contributed by atoms with E-state index in [4.69, 9.17) is 4.74 Å². The summed E-state index contributed by atoms with van der Waals surface area (Å²) in [6.07, 6.45) is 4.90. The van der Waals surface area contributed by atoms with Crippen LogP contribution in [0.1, 0.15) is 45.0 Å². The topological polar surface area (TPSA) is 52.8 Å². The second-order valence-electron chi connectivity index (χ2n) is 5.41. The van der Waals surface area contributed by atoms with Crippen molar-refractivity contribution in [3.8, 4) is 11.8 Å². The van der Waals surface area contributed by atoms with Crippen LogP contribution in [-0.4, -0.2) is 26.4 Å². The van der Waals surface area contributed by atoms with Gasteiger partial charge in [-0.1, -0.05) is 19.8 Å². The molecule has 2 aromatic rings. The van der Waals surface area contributed by atoms with Gasteiger partial charge in [0, 0.05) is 12.5 Å². The Morgan fingerprint density at radius 1 is 1.38 bits per heavy atom.